The molecule has 3 rings (SSSR count). The van der Waals surface area contributed by atoms with Crippen molar-refractivity contribution in [3.63, 3.8) is 0 Å². The zero-order chi connectivity index (χ0) is 13.3. The number of halogens is 1. The van der Waals surface area contributed by atoms with Crippen LogP contribution in [0.1, 0.15) is 37.7 Å². The molecule has 0 aromatic heterocycles. The maximum absolute atomic E-state index is 8.84. The van der Waals surface area contributed by atoms with E-state index in [2.05, 4.69) is 11.4 Å². The van der Waals surface area contributed by atoms with Gasteiger partial charge in [-0.25, -0.2) is 0 Å². The Hall–Kier alpha value is -1.24. The minimum atomic E-state index is 0.134. The van der Waals surface area contributed by atoms with Gasteiger partial charge in [-0.05, 0) is 50.3 Å². The van der Waals surface area contributed by atoms with E-state index in [1.54, 1.807) is 12.1 Å². The third kappa shape index (κ3) is 2.56. The number of rotatable bonds is 2. The van der Waals surface area contributed by atoms with Gasteiger partial charge in [-0.1, -0.05) is 11.6 Å². The average molecular weight is 277 g/mol. The van der Waals surface area contributed by atoms with Crippen molar-refractivity contribution in [2.24, 2.45) is 0 Å². The predicted octanol–water partition coefficient (Wildman–Crippen LogP) is 3.73. The highest BCUT2D eigenvalue weighted by Crippen LogP contribution is 2.43. The van der Waals surface area contributed by atoms with Gasteiger partial charge in [0, 0.05) is 12.6 Å². The maximum Gasteiger partial charge on any atom is 0.0992 e. The van der Waals surface area contributed by atoms with Gasteiger partial charge in [0.1, 0.15) is 0 Å². The van der Waals surface area contributed by atoms with Crippen molar-refractivity contribution in [1.29, 1.82) is 5.26 Å². The van der Waals surface area contributed by atoms with Crippen molar-refractivity contribution in [3.8, 4) is 6.07 Å². The molecular weight excluding hydrogens is 260 g/mol. The fraction of sp³-hybridized carbons (Fsp3) is 0.533. The second-order valence-electron chi connectivity index (χ2n) is 5.53. The van der Waals surface area contributed by atoms with E-state index in [4.69, 9.17) is 21.6 Å². The number of benzene rings is 1. The number of nitrogens with zero attached hydrogens (tertiary/aromatic N) is 1. The highest BCUT2D eigenvalue weighted by Gasteiger charge is 2.42. The molecule has 1 atom stereocenters. The Balaban J connectivity index is 1.69. The van der Waals surface area contributed by atoms with Crippen LogP contribution in [-0.4, -0.2) is 18.2 Å². The summed E-state index contributed by atoms with van der Waals surface area (Å²) in [5.41, 5.74) is 1.65. The van der Waals surface area contributed by atoms with E-state index < -0.39 is 0 Å². The van der Waals surface area contributed by atoms with Gasteiger partial charge >= 0.3 is 0 Å². The highest BCUT2D eigenvalue weighted by molar-refractivity contribution is 6.33. The van der Waals surface area contributed by atoms with Crippen LogP contribution in [-0.2, 0) is 4.74 Å². The van der Waals surface area contributed by atoms with E-state index in [0.717, 1.165) is 25.1 Å². The molecule has 1 heterocycles. The maximum atomic E-state index is 8.84. The highest BCUT2D eigenvalue weighted by atomic mass is 35.5. The normalized spacial score (nSPS) is 24.5. The summed E-state index contributed by atoms with van der Waals surface area (Å²) in [6, 6.07) is 7.92. The van der Waals surface area contributed by atoms with Crippen LogP contribution in [0.3, 0.4) is 0 Å². The van der Waals surface area contributed by atoms with Crippen LogP contribution in [0, 0.1) is 11.3 Å². The second kappa shape index (κ2) is 5.03. The molecule has 3 nitrogen and oxygen atoms in total. The van der Waals surface area contributed by atoms with Crippen LogP contribution < -0.4 is 5.32 Å². The topological polar surface area (TPSA) is 45.0 Å². The fourth-order valence-electron chi connectivity index (χ4n) is 2.99. The Kier molecular flexibility index (Phi) is 3.38. The lowest BCUT2D eigenvalue weighted by atomic mass is 9.74. The van der Waals surface area contributed by atoms with Crippen molar-refractivity contribution in [3.05, 3.63) is 28.8 Å². The molecule has 1 aromatic carbocycles. The first kappa shape index (κ1) is 12.8. The van der Waals surface area contributed by atoms with Gasteiger partial charge in [-0.3, -0.25) is 0 Å². The quantitative estimate of drug-likeness (QED) is 0.895. The summed E-state index contributed by atoms with van der Waals surface area (Å²) in [5, 5.41) is 13.0. The first-order valence-corrected chi connectivity index (χ1v) is 7.19. The largest absolute Gasteiger partial charge is 0.381 e. The standard InChI is InChI=1S/C15H17ClN2O/c16-13-8-11(10-17)2-3-14(13)18-12-4-7-19-15(9-12)5-1-6-15/h2-3,8,12,18H,1,4-7,9H2. The lowest BCUT2D eigenvalue weighted by Crippen LogP contribution is -2.49. The number of nitriles is 1. The summed E-state index contributed by atoms with van der Waals surface area (Å²) in [6.07, 6.45) is 5.73. The van der Waals surface area contributed by atoms with Gasteiger partial charge in [0.15, 0.2) is 0 Å². The van der Waals surface area contributed by atoms with Crippen LogP contribution in [0.5, 0.6) is 0 Å². The Morgan fingerprint density at radius 2 is 2.26 bits per heavy atom. The molecule has 1 spiro atoms. The number of hydrogen-bond acceptors (Lipinski definition) is 3. The Labute approximate surface area is 118 Å². The summed E-state index contributed by atoms with van der Waals surface area (Å²) < 4.78 is 5.92. The molecule has 2 aliphatic rings. The number of ether oxygens (including phenoxy) is 1. The average Bonchev–Trinajstić information content (AvgIpc) is 2.39. The van der Waals surface area contributed by atoms with E-state index in [1.165, 1.54) is 19.3 Å². The van der Waals surface area contributed by atoms with Gasteiger partial charge in [0.25, 0.3) is 0 Å². The third-order valence-electron chi connectivity index (χ3n) is 4.22. The number of hydrogen-bond donors (Lipinski definition) is 1. The molecule has 1 aromatic rings. The van der Waals surface area contributed by atoms with Crippen molar-refractivity contribution in [1.82, 2.24) is 0 Å². The Morgan fingerprint density at radius 3 is 2.89 bits per heavy atom. The summed E-state index contributed by atoms with van der Waals surface area (Å²) in [5.74, 6) is 0. The molecule has 1 N–H and O–H groups in total. The molecule has 1 aliphatic heterocycles. The van der Waals surface area contributed by atoms with Gasteiger partial charge in [-0.15, -0.1) is 0 Å². The zero-order valence-corrected chi connectivity index (χ0v) is 11.5. The van der Waals surface area contributed by atoms with E-state index in [-0.39, 0.29) is 5.60 Å². The fourth-order valence-corrected chi connectivity index (χ4v) is 3.23. The molecule has 0 bridgehead atoms. The number of anilines is 1. The third-order valence-corrected chi connectivity index (χ3v) is 4.53. The molecule has 1 saturated carbocycles. The van der Waals surface area contributed by atoms with Crippen LogP contribution in [0.4, 0.5) is 5.69 Å². The van der Waals surface area contributed by atoms with Crippen LogP contribution in [0.25, 0.3) is 0 Å². The first-order chi connectivity index (χ1) is 9.21. The first-order valence-electron chi connectivity index (χ1n) is 6.81. The lowest BCUT2D eigenvalue weighted by molar-refractivity contribution is -0.130. The molecule has 0 amide bonds. The molecular formula is C15H17ClN2O. The van der Waals surface area contributed by atoms with Crippen molar-refractivity contribution in [2.75, 3.05) is 11.9 Å². The Morgan fingerprint density at radius 1 is 1.42 bits per heavy atom. The predicted molar refractivity (Wildman–Crippen MR) is 75.3 cm³/mol. The second-order valence-corrected chi connectivity index (χ2v) is 5.93. The molecule has 4 heteroatoms. The van der Waals surface area contributed by atoms with Crippen LogP contribution >= 0.6 is 11.6 Å². The van der Waals surface area contributed by atoms with Crippen molar-refractivity contribution < 1.29 is 4.74 Å². The molecule has 2 fully saturated rings. The van der Waals surface area contributed by atoms with Crippen LogP contribution in [0.2, 0.25) is 5.02 Å². The smallest absolute Gasteiger partial charge is 0.0992 e. The molecule has 0 radical (unpaired) electrons. The monoisotopic (exact) mass is 276 g/mol. The lowest BCUT2D eigenvalue weighted by Gasteiger charge is -2.47. The van der Waals surface area contributed by atoms with E-state index in [1.807, 2.05) is 6.07 Å². The van der Waals surface area contributed by atoms with E-state index >= 15 is 0 Å². The summed E-state index contributed by atoms with van der Waals surface area (Å²) in [6.45, 7) is 0.825. The SMILES string of the molecule is N#Cc1ccc(NC2CCOC3(CCC3)C2)c(Cl)c1. The molecule has 19 heavy (non-hydrogen) atoms. The zero-order valence-electron chi connectivity index (χ0n) is 10.8. The molecule has 1 aliphatic carbocycles. The van der Waals surface area contributed by atoms with Gasteiger partial charge < -0.3 is 10.1 Å². The van der Waals surface area contributed by atoms with Crippen LogP contribution in [0.15, 0.2) is 18.2 Å². The van der Waals surface area contributed by atoms with E-state index in [9.17, 15) is 0 Å². The molecule has 1 unspecified atom stereocenters. The summed E-state index contributed by atoms with van der Waals surface area (Å²) in [4.78, 5) is 0. The van der Waals surface area contributed by atoms with Gasteiger partial charge in [-0.2, -0.15) is 5.26 Å². The van der Waals surface area contributed by atoms with Crippen molar-refractivity contribution in [2.45, 2.75) is 43.7 Å². The minimum Gasteiger partial charge on any atom is -0.381 e. The summed E-state index contributed by atoms with van der Waals surface area (Å²) >= 11 is 6.20. The Bertz CT molecular complexity index is 519. The summed E-state index contributed by atoms with van der Waals surface area (Å²) in [7, 11) is 0. The van der Waals surface area contributed by atoms with E-state index in [0.29, 0.717) is 16.6 Å². The number of nitrogens with one attached hydrogen (secondary N) is 1. The van der Waals surface area contributed by atoms with Gasteiger partial charge in [0.05, 0.1) is 27.9 Å². The molecule has 100 valence electrons. The minimum absolute atomic E-state index is 0.134. The molecule has 1 saturated heterocycles. The van der Waals surface area contributed by atoms with Crippen molar-refractivity contribution >= 4 is 17.3 Å². The van der Waals surface area contributed by atoms with Gasteiger partial charge in [0.2, 0.25) is 0 Å².